The molecule has 3 aliphatic carbocycles. The van der Waals surface area contributed by atoms with Crippen LogP contribution in [0.5, 0.6) is 0 Å². The number of para-hydroxylation sites is 2. The average Bonchev–Trinajstić information content (AvgIpc) is 3.75. The first-order valence-electron chi connectivity index (χ1n) is 25.1. The second-order valence-electron chi connectivity index (χ2n) is 19.5. The Bertz CT molecular complexity index is 3900. The van der Waals surface area contributed by atoms with Crippen molar-refractivity contribution in [1.82, 2.24) is 0 Å². The number of benzene rings is 12. The van der Waals surface area contributed by atoms with Gasteiger partial charge < -0.3 is 9.80 Å². The zero-order valence-corrected chi connectivity index (χ0v) is 39.5. The summed E-state index contributed by atoms with van der Waals surface area (Å²) in [5, 5.41) is 5.01. The zero-order valence-electron chi connectivity index (χ0n) is 39.5. The summed E-state index contributed by atoms with van der Waals surface area (Å²) >= 11 is 0. The van der Waals surface area contributed by atoms with Gasteiger partial charge in [-0.2, -0.15) is 0 Å². The normalized spacial score (nSPS) is 16.4. The predicted molar refractivity (Wildman–Crippen MR) is 300 cm³/mol. The minimum absolute atomic E-state index is 0.537. The highest BCUT2D eigenvalue weighted by Crippen LogP contribution is 2.74. The van der Waals surface area contributed by atoms with E-state index >= 15 is 0 Å². The monoisotopic (exact) mass is 914 g/mol. The molecule has 3 aliphatic rings. The summed E-state index contributed by atoms with van der Waals surface area (Å²) in [7, 11) is 0. The maximum absolute atomic E-state index is 2.49. The van der Waals surface area contributed by atoms with Gasteiger partial charge in [-0.05, 0) is 138 Å². The van der Waals surface area contributed by atoms with E-state index in [1.54, 1.807) is 0 Å². The second kappa shape index (κ2) is 15.6. The lowest BCUT2D eigenvalue weighted by Crippen LogP contribution is -2.54. The Kier molecular flexibility index (Phi) is 8.82. The molecule has 0 aliphatic heterocycles. The van der Waals surface area contributed by atoms with Crippen molar-refractivity contribution in [3.63, 3.8) is 0 Å². The van der Waals surface area contributed by atoms with Crippen LogP contribution in [0, 0.1) is 0 Å². The first-order chi connectivity index (χ1) is 35.7. The molecule has 0 spiro atoms. The highest BCUT2D eigenvalue weighted by molar-refractivity contribution is 6.10. The van der Waals surface area contributed by atoms with Gasteiger partial charge in [0.05, 0.1) is 22.2 Å². The van der Waals surface area contributed by atoms with E-state index in [2.05, 4.69) is 289 Å². The van der Waals surface area contributed by atoms with Crippen molar-refractivity contribution in [2.75, 3.05) is 9.80 Å². The Morgan fingerprint density at radius 3 is 1.07 bits per heavy atom. The summed E-state index contributed by atoms with van der Waals surface area (Å²) < 4.78 is 0. The Morgan fingerprint density at radius 2 is 0.569 bits per heavy atom. The quantitative estimate of drug-likeness (QED) is 0.157. The fourth-order valence-electron chi connectivity index (χ4n) is 13.5. The van der Waals surface area contributed by atoms with Crippen LogP contribution < -0.4 is 9.80 Å². The summed E-state index contributed by atoms with van der Waals surface area (Å²) in [6.07, 6.45) is 0. The number of hydrogen-bond acceptors (Lipinski definition) is 2. The van der Waals surface area contributed by atoms with Crippen LogP contribution in [0.1, 0.15) is 33.4 Å². The Morgan fingerprint density at radius 1 is 0.222 bits per heavy atom. The Labute approximate surface area is 420 Å². The second-order valence-corrected chi connectivity index (χ2v) is 19.5. The van der Waals surface area contributed by atoms with E-state index in [0.717, 1.165) is 45.3 Å². The third-order valence-electron chi connectivity index (χ3n) is 16.2. The largest absolute Gasteiger partial charge is 0.310 e. The molecule has 0 atom stereocenters. The van der Waals surface area contributed by atoms with Crippen LogP contribution in [0.2, 0.25) is 0 Å². The van der Waals surface area contributed by atoms with Crippen molar-refractivity contribution >= 4 is 55.7 Å². The lowest BCUT2D eigenvalue weighted by atomic mass is 9.43. The molecule has 12 aromatic rings. The third kappa shape index (κ3) is 5.44. The molecule has 336 valence electrons. The van der Waals surface area contributed by atoms with Crippen LogP contribution in [-0.2, 0) is 10.8 Å². The molecule has 0 fully saturated rings. The van der Waals surface area contributed by atoms with E-state index < -0.39 is 10.8 Å². The van der Waals surface area contributed by atoms with E-state index in [9.17, 15) is 0 Å². The number of rotatable bonds is 7. The maximum Gasteiger partial charge on any atom is 0.0648 e. The zero-order chi connectivity index (χ0) is 47.4. The van der Waals surface area contributed by atoms with Gasteiger partial charge in [0, 0.05) is 33.5 Å². The van der Waals surface area contributed by atoms with E-state index in [4.69, 9.17) is 0 Å². The third-order valence-corrected chi connectivity index (χ3v) is 16.2. The van der Waals surface area contributed by atoms with Crippen LogP contribution in [0.4, 0.5) is 34.1 Å². The van der Waals surface area contributed by atoms with Gasteiger partial charge in [-0.3, -0.25) is 0 Å². The molecule has 15 rings (SSSR count). The fourth-order valence-corrected chi connectivity index (χ4v) is 13.5. The van der Waals surface area contributed by atoms with Gasteiger partial charge in [-0.15, -0.1) is 0 Å². The van der Waals surface area contributed by atoms with E-state index in [-0.39, 0.29) is 0 Å². The van der Waals surface area contributed by atoms with Crippen LogP contribution in [0.15, 0.2) is 279 Å². The Hall–Kier alpha value is -9.24. The minimum atomic E-state index is -0.537. The van der Waals surface area contributed by atoms with Crippen molar-refractivity contribution in [2.45, 2.75) is 10.8 Å². The topological polar surface area (TPSA) is 6.48 Å². The van der Waals surface area contributed by atoms with Crippen LogP contribution >= 0.6 is 0 Å². The van der Waals surface area contributed by atoms with Crippen molar-refractivity contribution in [3.05, 3.63) is 312 Å². The smallest absolute Gasteiger partial charge is 0.0648 e. The van der Waals surface area contributed by atoms with E-state index in [1.165, 1.54) is 77.2 Å². The lowest BCUT2D eigenvalue weighted by molar-refractivity contribution is 0.432. The van der Waals surface area contributed by atoms with E-state index in [0.29, 0.717) is 0 Å². The van der Waals surface area contributed by atoms with Gasteiger partial charge in [0.15, 0.2) is 0 Å². The molecule has 2 heteroatoms. The number of hydrogen-bond donors (Lipinski definition) is 0. The van der Waals surface area contributed by atoms with E-state index in [1.807, 2.05) is 0 Å². The highest BCUT2D eigenvalue weighted by Gasteiger charge is 2.67. The van der Waals surface area contributed by atoms with Crippen molar-refractivity contribution < 1.29 is 0 Å². The molecule has 0 radical (unpaired) electrons. The summed E-state index contributed by atoms with van der Waals surface area (Å²) in [5.41, 5.74) is 21.4. The first-order valence-corrected chi connectivity index (χ1v) is 25.1. The van der Waals surface area contributed by atoms with Gasteiger partial charge in [0.25, 0.3) is 0 Å². The van der Waals surface area contributed by atoms with Crippen LogP contribution in [-0.4, -0.2) is 0 Å². The lowest BCUT2D eigenvalue weighted by Gasteiger charge is -2.56. The standard InChI is InChI=1S/C70H46N2/c1-3-21-50(22-4-1)71(66-36-17-20-49-19-7-8-25-54(49)66)52-41-37-47(38-42-52)48-39-43-53(44-40-48)72(51-23-5-2-6-24-51)67-46-45-65-68-59(67)30-18-35-64(68)69-60-31-13-9-26-55(60)57-28-11-15-33-62(57)70(65,69)63-34-16-12-29-58(63)56-27-10-14-32-61(56)69/h1-46H. The maximum atomic E-state index is 2.49. The summed E-state index contributed by atoms with van der Waals surface area (Å²) in [6, 6.07) is 104. The van der Waals surface area contributed by atoms with Crippen molar-refractivity contribution in [2.24, 2.45) is 0 Å². The molecule has 0 aromatic heterocycles. The van der Waals surface area contributed by atoms with Crippen molar-refractivity contribution in [1.29, 1.82) is 0 Å². The SMILES string of the molecule is c1ccc(N(c2ccc(-c3ccc(N(c4ccccc4)c4ccc5c6c(cccc46)C46c7ccccc7-c7ccccc7C54c4ccccc4-c4ccccc46)cc3)cc2)c2cccc3ccccc23)cc1. The molecular formula is C70H46N2. The van der Waals surface area contributed by atoms with Gasteiger partial charge in [-0.1, -0.05) is 218 Å². The number of nitrogens with zero attached hydrogens (tertiary/aromatic N) is 2. The molecule has 72 heavy (non-hydrogen) atoms. The minimum Gasteiger partial charge on any atom is -0.310 e. The van der Waals surface area contributed by atoms with Crippen LogP contribution in [0.3, 0.4) is 0 Å². The molecule has 12 aromatic carbocycles. The molecule has 0 saturated carbocycles. The first kappa shape index (κ1) is 40.6. The molecule has 0 amide bonds. The fraction of sp³-hybridized carbons (Fsp3) is 0.0286. The van der Waals surface area contributed by atoms with Gasteiger partial charge in [-0.25, -0.2) is 0 Å². The summed E-state index contributed by atoms with van der Waals surface area (Å²) in [5.74, 6) is 0. The van der Waals surface area contributed by atoms with Gasteiger partial charge in [0.1, 0.15) is 0 Å². The summed E-state index contributed by atoms with van der Waals surface area (Å²) in [4.78, 5) is 4.83. The molecule has 0 saturated heterocycles. The van der Waals surface area contributed by atoms with Gasteiger partial charge in [0.2, 0.25) is 0 Å². The molecule has 0 heterocycles. The molecule has 0 unspecified atom stereocenters. The average molecular weight is 915 g/mol. The molecular weight excluding hydrogens is 869 g/mol. The molecule has 0 bridgehead atoms. The molecule has 0 N–H and O–H groups in total. The van der Waals surface area contributed by atoms with Crippen LogP contribution in [0.25, 0.3) is 54.9 Å². The highest BCUT2D eigenvalue weighted by atomic mass is 15.1. The van der Waals surface area contributed by atoms with Gasteiger partial charge >= 0.3 is 0 Å². The molecule has 2 nitrogen and oxygen atoms in total. The number of anilines is 6. The summed E-state index contributed by atoms with van der Waals surface area (Å²) in [6.45, 7) is 0. The number of fused-ring (bicyclic) bond motifs is 7. The van der Waals surface area contributed by atoms with Crippen molar-refractivity contribution in [3.8, 4) is 33.4 Å². The predicted octanol–water partition coefficient (Wildman–Crippen LogP) is 18.2. The Balaban J connectivity index is 0.899.